The van der Waals surface area contributed by atoms with Gasteiger partial charge in [-0.05, 0) is 69.3 Å². The number of ether oxygens (including phenoxy) is 1. The van der Waals surface area contributed by atoms with Crippen molar-refractivity contribution in [3.8, 4) is 11.5 Å². The molecule has 3 rings (SSSR count). The van der Waals surface area contributed by atoms with Crippen LogP contribution in [0.25, 0.3) is 0 Å². The van der Waals surface area contributed by atoms with E-state index in [-0.39, 0.29) is 45.7 Å². The summed E-state index contributed by atoms with van der Waals surface area (Å²) in [5.41, 5.74) is 0.416. The van der Waals surface area contributed by atoms with E-state index in [1.54, 1.807) is 31.2 Å². The van der Waals surface area contributed by atoms with Gasteiger partial charge in [-0.3, -0.25) is 14.4 Å². The van der Waals surface area contributed by atoms with Crippen molar-refractivity contribution in [1.82, 2.24) is 10.6 Å². The minimum atomic E-state index is -1.10. The van der Waals surface area contributed by atoms with Crippen molar-refractivity contribution in [3.05, 3.63) is 95.1 Å². The van der Waals surface area contributed by atoms with E-state index in [0.29, 0.717) is 12.3 Å². The number of phenolic OH excluding ortho intramolecular Hbond substituents is 1. The smallest absolute Gasteiger partial charge is 0.336 e. The Balaban J connectivity index is 0. The minimum absolute atomic E-state index is 0.0156. The molecule has 2 amide bonds. The molecule has 0 heterocycles. The predicted octanol–water partition coefficient (Wildman–Crippen LogP) is 4.82. The molecule has 0 unspecified atom stereocenters. The van der Waals surface area contributed by atoms with Gasteiger partial charge in [0.15, 0.2) is 0 Å². The Kier molecular flexibility index (Phi) is 21.3. The van der Waals surface area contributed by atoms with Gasteiger partial charge in [0.25, 0.3) is 11.8 Å². The lowest BCUT2D eigenvalue weighted by atomic mass is 10.1. The van der Waals surface area contributed by atoms with E-state index in [1.165, 1.54) is 76.3 Å². The molecule has 0 bridgehead atoms. The number of aromatic hydroxyl groups is 1. The lowest BCUT2D eigenvalue weighted by Gasteiger charge is -2.04. The van der Waals surface area contributed by atoms with Crippen LogP contribution < -0.4 is 15.4 Å². The summed E-state index contributed by atoms with van der Waals surface area (Å²) < 4.78 is 4.72. The molecule has 238 valence electrons. The van der Waals surface area contributed by atoms with Gasteiger partial charge in [-0.1, -0.05) is 38.1 Å². The standard InChI is InChI=1S/C10H11NO3.C9H9NO3.C8H8O3.C3H6O.C2H6/c1-2-11-9(12)7-5-3-4-6-8(7)10(13)14;1-10-8(11)6-4-2-3-5-7(6)9(12)13;1-6(9)11-8-4-2-7(10)3-5-8;1-3(2)4;1-2/h3-6H,2H2,1H3,(H,11,12)(H,13,14);2-5H,1H3,(H,10,11)(H,12,13);2-5,10H,1H3;1-2H3;1-2H3. The van der Waals surface area contributed by atoms with Gasteiger partial charge >= 0.3 is 17.9 Å². The summed E-state index contributed by atoms with van der Waals surface area (Å²) in [5.74, 6) is -2.54. The number of carbonyl (C=O) groups excluding carboxylic acids is 4. The fourth-order valence-corrected chi connectivity index (χ4v) is 2.81. The molecule has 5 N–H and O–H groups in total. The Morgan fingerprint density at radius 3 is 1.34 bits per heavy atom. The maximum atomic E-state index is 11.4. The Bertz CT molecular complexity index is 1370. The van der Waals surface area contributed by atoms with E-state index >= 15 is 0 Å². The van der Waals surface area contributed by atoms with Gasteiger partial charge in [0.1, 0.15) is 17.3 Å². The average Bonchev–Trinajstić information content (AvgIpc) is 2.99. The molecule has 0 radical (unpaired) electrons. The zero-order valence-electron chi connectivity index (χ0n) is 25.8. The number of carboxylic acids is 2. The normalized spacial score (nSPS) is 8.80. The highest BCUT2D eigenvalue weighted by Gasteiger charge is 2.15. The summed E-state index contributed by atoms with van der Waals surface area (Å²) in [7, 11) is 1.46. The van der Waals surface area contributed by atoms with Crippen molar-refractivity contribution in [3.63, 3.8) is 0 Å². The first-order valence-electron chi connectivity index (χ1n) is 13.3. The summed E-state index contributed by atoms with van der Waals surface area (Å²) in [6.07, 6.45) is 0. The van der Waals surface area contributed by atoms with Crippen LogP contribution in [0.15, 0.2) is 72.8 Å². The first-order valence-corrected chi connectivity index (χ1v) is 13.3. The molecular weight excluding hydrogens is 572 g/mol. The quantitative estimate of drug-likeness (QED) is 0.190. The van der Waals surface area contributed by atoms with Crippen LogP contribution in [-0.2, 0) is 9.59 Å². The van der Waals surface area contributed by atoms with Crippen molar-refractivity contribution in [2.24, 2.45) is 0 Å². The second kappa shape index (κ2) is 23.1. The lowest BCUT2D eigenvalue weighted by Crippen LogP contribution is -2.24. The summed E-state index contributed by atoms with van der Waals surface area (Å²) >= 11 is 0. The molecule has 0 fully saturated rings. The van der Waals surface area contributed by atoms with Gasteiger partial charge < -0.3 is 35.5 Å². The molecular formula is C32H40N2O10. The van der Waals surface area contributed by atoms with E-state index in [9.17, 15) is 28.8 Å². The van der Waals surface area contributed by atoms with Crippen molar-refractivity contribution in [1.29, 1.82) is 0 Å². The number of phenols is 1. The summed E-state index contributed by atoms with van der Waals surface area (Å²) in [6, 6.07) is 18.2. The molecule has 0 aliphatic carbocycles. The first kappa shape index (κ1) is 40.6. The van der Waals surface area contributed by atoms with Gasteiger partial charge in [0.2, 0.25) is 0 Å². The Morgan fingerprint density at radius 2 is 1.02 bits per heavy atom. The summed E-state index contributed by atoms with van der Waals surface area (Å²) in [4.78, 5) is 63.8. The highest BCUT2D eigenvalue weighted by Crippen LogP contribution is 2.15. The zero-order valence-corrected chi connectivity index (χ0v) is 25.8. The van der Waals surface area contributed by atoms with Crippen LogP contribution in [0.4, 0.5) is 0 Å². The molecule has 0 atom stereocenters. The number of hydrogen-bond donors (Lipinski definition) is 5. The van der Waals surface area contributed by atoms with Gasteiger partial charge in [-0.25, -0.2) is 9.59 Å². The number of carbonyl (C=O) groups is 6. The first-order chi connectivity index (χ1) is 20.7. The molecule has 0 saturated heterocycles. The van der Waals surface area contributed by atoms with E-state index < -0.39 is 17.8 Å². The maximum Gasteiger partial charge on any atom is 0.336 e. The number of nitrogens with one attached hydrogen (secondary N) is 2. The van der Waals surface area contributed by atoms with Crippen LogP contribution in [0.3, 0.4) is 0 Å². The number of hydrogen-bond acceptors (Lipinski definition) is 8. The molecule has 3 aromatic rings. The fraction of sp³-hybridized carbons (Fsp3) is 0.250. The van der Waals surface area contributed by atoms with Crippen LogP contribution in [0.2, 0.25) is 0 Å². The second-order valence-corrected chi connectivity index (χ2v) is 8.14. The van der Waals surface area contributed by atoms with E-state index in [1.807, 2.05) is 13.8 Å². The molecule has 0 aliphatic rings. The zero-order chi connectivity index (χ0) is 34.2. The molecule has 12 nitrogen and oxygen atoms in total. The Morgan fingerprint density at radius 1 is 0.659 bits per heavy atom. The van der Waals surface area contributed by atoms with Crippen LogP contribution in [0, 0.1) is 0 Å². The van der Waals surface area contributed by atoms with Gasteiger partial charge in [-0.2, -0.15) is 0 Å². The lowest BCUT2D eigenvalue weighted by molar-refractivity contribution is -0.131. The number of aromatic carboxylic acids is 2. The number of ketones is 1. The topological polar surface area (TPSA) is 196 Å². The van der Waals surface area contributed by atoms with E-state index in [0.717, 1.165) is 0 Å². The third-order valence-electron chi connectivity index (χ3n) is 4.47. The van der Waals surface area contributed by atoms with Gasteiger partial charge in [0, 0.05) is 20.5 Å². The van der Waals surface area contributed by atoms with Crippen LogP contribution in [0.5, 0.6) is 11.5 Å². The second-order valence-electron chi connectivity index (χ2n) is 8.14. The Hall–Kier alpha value is -5.52. The van der Waals surface area contributed by atoms with Crippen LogP contribution in [-0.4, -0.2) is 64.4 Å². The monoisotopic (exact) mass is 612 g/mol. The fourth-order valence-electron chi connectivity index (χ4n) is 2.81. The summed E-state index contributed by atoms with van der Waals surface area (Å²) in [6.45, 7) is 10.6. The SMILES string of the molecule is CC.CC(=O)Oc1ccc(O)cc1.CC(C)=O.CCNC(=O)c1ccccc1C(=O)O.CNC(=O)c1ccccc1C(=O)O. The third-order valence-corrected chi connectivity index (χ3v) is 4.47. The molecule has 0 spiro atoms. The number of carboxylic acid groups (broad SMARTS) is 2. The number of amides is 2. The maximum absolute atomic E-state index is 11.4. The number of rotatable bonds is 6. The largest absolute Gasteiger partial charge is 0.508 e. The number of esters is 1. The van der Waals surface area contributed by atoms with Crippen LogP contribution >= 0.6 is 0 Å². The highest BCUT2D eigenvalue weighted by molar-refractivity contribution is 6.05. The molecule has 0 saturated carbocycles. The van der Waals surface area contributed by atoms with Crippen molar-refractivity contribution in [2.75, 3.05) is 13.6 Å². The highest BCUT2D eigenvalue weighted by atomic mass is 16.5. The van der Waals surface area contributed by atoms with Gasteiger partial charge in [-0.15, -0.1) is 0 Å². The predicted molar refractivity (Wildman–Crippen MR) is 165 cm³/mol. The van der Waals surface area contributed by atoms with Crippen molar-refractivity contribution >= 4 is 35.5 Å². The van der Waals surface area contributed by atoms with Crippen molar-refractivity contribution < 1.29 is 48.8 Å². The molecule has 12 heteroatoms. The molecule has 0 aromatic heterocycles. The average molecular weight is 613 g/mol. The molecule has 0 aliphatic heterocycles. The van der Waals surface area contributed by atoms with E-state index in [4.69, 9.17) is 20.1 Å². The van der Waals surface area contributed by atoms with Crippen molar-refractivity contribution in [2.45, 2.75) is 41.5 Å². The molecule has 3 aromatic carbocycles. The summed E-state index contributed by atoms with van der Waals surface area (Å²) in [5, 5.41) is 31.3. The minimum Gasteiger partial charge on any atom is -0.508 e. The van der Waals surface area contributed by atoms with Gasteiger partial charge in [0.05, 0.1) is 22.3 Å². The Labute approximate surface area is 256 Å². The third kappa shape index (κ3) is 17.3. The van der Waals surface area contributed by atoms with Crippen LogP contribution in [0.1, 0.15) is 83.0 Å². The van der Waals surface area contributed by atoms with E-state index in [2.05, 4.69) is 10.6 Å². The number of benzene rings is 3. The molecule has 44 heavy (non-hydrogen) atoms. The number of Topliss-reactive ketones (excluding diaryl/α,β-unsaturated/α-hetero) is 1.